The van der Waals surface area contributed by atoms with Crippen molar-refractivity contribution in [2.45, 2.75) is 32.7 Å². The Balaban J connectivity index is 2.78. The van der Waals surface area contributed by atoms with Gasteiger partial charge in [0, 0.05) is 23.2 Å². The molecule has 17 heavy (non-hydrogen) atoms. The number of H-pyrrole nitrogens is 1. The summed E-state index contributed by atoms with van der Waals surface area (Å²) in [6.45, 7) is 3.92. The smallest absolute Gasteiger partial charge is 0.150 e. The van der Waals surface area contributed by atoms with Crippen LogP contribution in [0.1, 0.15) is 37.6 Å². The van der Waals surface area contributed by atoms with Crippen LogP contribution >= 0.6 is 0 Å². The van der Waals surface area contributed by atoms with E-state index in [1.807, 2.05) is 13.8 Å². The van der Waals surface area contributed by atoms with Crippen LogP contribution in [0.15, 0.2) is 12.1 Å². The summed E-state index contributed by atoms with van der Waals surface area (Å²) >= 11 is 0. The molecular weight excluding hydrogens is 222 g/mol. The normalized spacial score (nSPS) is 13.2. The molecule has 0 aliphatic rings. The van der Waals surface area contributed by atoms with Gasteiger partial charge in [0.25, 0.3) is 0 Å². The zero-order valence-corrected chi connectivity index (χ0v) is 9.98. The average Bonchev–Trinajstić information content (AvgIpc) is 2.66. The monoisotopic (exact) mass is 238 g/mol. The summed E-state index contributed by atoms with van der Waals surface area (Å²) < 4.78 is 26.9. The van der Waals surface area contributed by atoms with Gasteiger partial charge in [-0.3, -0.25) is 0 Å². The first kappa shape index (κ1) is 12.0. The van der Waals surface area contributed by atoms with E-state index in [9.17, 15) is 8.78 Å². The van der Waals surface area contributed by atoms with E-state index in [4.69, 9.17) is 5.73 Å². The molecule has 2 rings (SSSR count). The van der Waals surface area contributed by atoms with E-state index in [2.05, 4.69) is 4.98 Å². The quantitative estimate of drug-likeness (QED) is 0.845. The number of hydrogen-bond acceptors (Lipinski definition) is 1. The highest BCUT2D eigenvalue weighted by Crippen LogP contribution is 2.31. The van der Waals surface area contributed by atoms with Crippen molar-refractivity contribution in [3.63, 3.8) is 0 Å². The van der Waals surface area contributed by atoms with Gasteiger partial charge in [-0.25, -0.2) is 8.78 Å². The van der Waals surface area contributed by atoms with Crippen molar-refractivity contribution in [2.75, 3.05) is 0 Å². The second-order valence-corrected chi connectivity index (χ2v) is 4.20. The Hall–Kier alpha value is -1.42. The molecule has 1 heterocycles. The molecular formula is C13H16F2N2. The first-order chi connectivity index (χ1) is 8.08. The van der Waals surface area contributed by atoms with Crippen LogP contribution in [-0.4, -0.2) is 4.98 Å². The number of aryl methyl sites for hydroxylation is 1. The molecule has 0 amide bonds. The predicted molar refractivity (Wildman–Crippen MR) is 64.8 cm³/mol. The van der Waals surface area contributed by atoms with Gasteiger partial charge < -0.3 is 10.7 Å². The van der Waals surface area contributed by atoms with Crippen molar-refractivity contribution in [1.82, 2.24) is 4.98 Å². The Morgan fingerprint density at radius 1 is 1.29 bits per heavy atom. The molecule has 3 N–H and O–H groups in total. The van der Waals surface area contributed by atoms with Crippen LogP contribution in [0.5, 0.6) is 0 Å². The van der Waals surface area contributed by atoms with Crippen LogP contribution in [-0.2, 0) is 6.42 Å². The number of benzene rings is 1. The molecule has 0 bridgehead atoms. The fourth-order valence-corrected chi connectivity index (χ4v) is 2.20. The van der Waals surface area contributed by atoms with E-state index in [0.29, 0.717) is 10.9 Å². The Labute approximate surface area is 98.8 Å². The number of halogens is 2. The SMILES string of the molecule is CCc1[nH]c2c(F)cc(F)cc2c1C(N)CC. The summed E-state index contributed by atoms with van der Waals surface area (Å²) in [7, 11) is 0. The third kappa shape index (κ3) is 1.93. The van der Waals surface area contributed by atoms with Crippen LogP contribution in [0.2, 0.25) is 0 Å². The molecule has 0 fully saturated rings. The first-order valence-corrected chi connectivity index (χ1v) is 5.83. The van der Waals surface area contributed by atoms with E-state index < -0.39 is 11.6 Å². The lowest BCUT2D eigenvalue weighted by atomic mass is 10.0. The number of fused-ring (bicyclic) bond motifs is 1. The van der Waals surface area contributed by atoms with Crippen LogP contribution < -0.4 is 5.73 Å². The number of rotatable bonds is 3. The average molecular weight is 238 g/mol. The molecule has 0 aliphatic carbocycles. The van der Waals surface area contributed by atoms with Gasteiger partial charge in [-0.2, -0.15) is 0 Å². The minimum absolute atomic E-state index is 0.195. The molecule has 0 aliphatic heterocycles. The van der Waals surface area contributed by atoms with E-state index in [0.717, 1.165) is 30.2 Å². The molecule has 1 aromatic carbocycles. The molecule has 2 aromatic rings. The minimum atomic E-state index is -0.568. The second kappa shape index (κ2) is 4.45. The molecule has 92 valence electrons. The lowest BCUT2D eigenvalue weighted by Gasteiger charge is -2.10. The Morgan fingerprint density at radius 3 is 2.59 bits per heavy atom. The molecule has 1 unspecified atom stereocenters. The van der Waals surface area contributed by atoms with Crippen molar-refractivity contribution < 1.29 is 8.78 Å². The first-order valence-electron chi connectivity index (χ1n) is 5.83. The van der Waals surface area contributed by atoms with E-state index in [-0.39, 0.29) is 6.04 Å². The molecule has 2 nitrogen and oxygen atoms in total. The van der Waals surface area contributed by atoms with Crippen molar-refractivity contribution in [3.8, 4) is 0 Å². The Bertz CT molecular complexity index is 546. The molecule has 0 radical (unpaired) electrons. The second-order valence-electron chi connectivity index (χ2n) is 4.20. The number of nitrogens with two attached hydrogens (primary N) is 1. The number of hydrogen-bond donors (Lipinski definition) is 2. The van der Waals surface area contributed by atoms with Gasteiger partial charge in [-0.1, -0.05) is 13.8 Å². The third-order valence-electron chi connectivity index (χ3n) is 3.11. The zero-order valence-electron chi connectivity index (χ0n) is 9.98. The highest BCUT2D eigenvalue weighted by Gasteiger charge is 2.18. The molecule has 0 saturated heterocycles. The number of aromatic nitrogens is 1. The van der Waals surface area contributed by atoms with E-state index >= 15 is 0 Å². The summed E-state index contributed by atoms with van der Waals surface area (Å²) in [6, 6.07) is 2.04. The van der Waals surface area contributed by atoms with Gasteiger partial charge in [0.1, 0.15) is 11.6 Å². The van der Waals surface area contributed by atoms with Gasteiger partial charge in [-0.15, -0.1) is 0 Å². The fourth-order valence-electron chi connectivity index (χ4n) is 2.20. The highest BCUT2D eigenvalue weighted by atomic mass is 19.1. The fraction of sp³-hybridized carbons (Fsp3) is 0.385. The maximum Gasteiger partial charge on any atom is 0.150 e. The summed E-state index contributed by atoms with van der Waals surface area (Å²) in [6.07, 6.45) is 1.46. The molecule has 1 atom stereocenters. The highest BCUT2D eigenvalue weighted by molar-refractivity contribution is 5.85. The lowest BCUT2D eigenvalue weighted by molar-refractivity contribution is 0.590. The molecule has 4 heteroatoms. The largest absolute Gasteiger partial charge is 0.356 e. The van der Waals surface area contributed by atoms with Crippen molar-refractivity contribution >= 4 is 10.9 Å². The van der Waals surface area contributed by atoms with Crippen LogP contribution in [0.3, 0.4) is 0 Å². The van der Waals surface area contributed by atoms with Gasteiger partial charge in [0.05, 0.1) is 5.52 Å². The van der Waals surface area contributed by atoms with Crippen LogP contribution in [0.25, 0.3) is 10.9 Å². The zero-order chi connectivity index (χ0) is 12.6. The topological polar surface area (TPSA) is 41.8 Å². The number of nitrogens with one attached hydrogen (secondary N) is 1. The predicted octanol–water partition coefficient (Wildman–Crippen LogP) is 3.42. The Morgan fingerprint density at radius 2 is 2.00 bits per heavy atom. The van der Waals surface area contributed by atoms with Gasteiger partial charge in [0.2, 0.25) is 0 Å². The van der Waals surface area contributed by atoms with Crippen molar-refractivity contribution in [2.24, 2.45) is 5.73 Å². The number of aromatic amines is 1. The molecule has 1 aromatic heterocycles. The van der Waals surface area contributed by atoms with Crippen LogP contribution in [0.4, 0.5) is 8.78 Å². The Kier molecular flexibility index (Phi) is 3.15. The summed E-state index contributed by atoms with van der Waals surface area (Å²) in [5.41, 5.74) is 8.09. The van der Waals surface area contributed by atoms with Crippen LogP contribution in [0, 0.1) is 11.6 Å². The molecule has 0 spiro atoms. The maximum absolute atomic E-state index is 13.6. The summed E-state index contributed by atoms with van der Waals surface area (Å²) in [5.74, 6) is -1.13. The summed E-state index contributed by atoms with van der Waals surface area (Å²) in [4.78, 5) is 3.00. The van der Waals surface area contributed by atoms with E-state index in [1.165, 1.54) is 6.07 Å². The van der Waals surface area contributed by atoms with E-state index in [1.54, 1.807) is 0 Å². The van der Waals surface area contributed by atoms with Crippen molar-refractivity contribution in [1.29, 1.82) is 0 Å². The minimum Gasteiger partial charge on any atom is -0.356 e. The van der Waals surface area contributed by atoms with Gasteiger partial charge >= 0.3 is 0 Å². The van der Waals surface area contributed by atoms with Gasteiger partial charge in [0.15, 0.2) is 0 Å². The lowest BCUT2D eigenvalue weighted by Crippen LogP contribution is -2.10. The molecule has 0 saturated carbocycles. The third-order valence-corrected chi connectivity index (χ3v) is 3.11. The standard InChI is InChI=1S/C13H16F2N2/c1-3-10(16)12-8-5-7(14)6-9(15)13(8)17-11(12)4-2/h5-6,10,17H,3-4,16H2,1-2H3. The van der Waals surface area contributed by atoms with Gasteiger partial charge in [-0.05, 0) is 24.5 Å². The summed E-state index contributed by atoms with van der Waals surface area (Å²) in [5, 5.41) is 0.564. The maximum atomic E-state index is 13.6. The van der Waals surface area contributed by atoms with Crippen molar-refractivity contribution in [3.05, 3.63) is 35.0 Å².